The number of hydrogen-bond donors (Lipinski definition) is 0. The molecule has 2 aromatic heterocycles. The van der Waals surface area contributed by atoms with Gasteiger partial charge in [0.25, 0.3) is 0 Å². The lowest BCUT2D eigenvalue weighted by molar-refractivity contribution is -0.148. The predicted octanol–water partition coefficient (Wildman–Crippen LogP) is 2.06. The molecular weight excluding hydrogens is 305 g/mol. The second-order valence-corrected chi connectivity index (χ2v) is 5.65. The number of carbonyl (C=O) groups excluding carboxylic acids is 1. The number of ketones is 1. The normalized spacial score (nSPS) is 16.0. The molecule has 0 saturated heterocycles. The van der Waals surface area contributed by atoms with Crippen LogP contribution in [0.4, 0.5) is 13.2 Å². The zero-order valence-electron chi connectivity index (χ0n) is 10.8. The lowest BCUT2D eigenvalue weighted by atomic mass is 10.2. The van der Waals surface area contributed by atoms with E-state index in [-0.39, 0.29) is 31.2 Å². The standard InChI is InChI=1S/C12H11F3N4OS/c13-12(14,15)11-17-16-10-7-18(3-4-19(10)11)6-8(20)9-2-1-5-21-9/h1-2,5H,3-4,6-7H2. The van der Waals surface area contributed by atoms with Gasteiger partial charge in [0.2, 0.25) is 5.82 Å². The van der Waals surface area contributed by atoms with Crippen molar-refractivity contribution >= 4 is 17.1 Å². The molecular formula is C12H11F3N4OS. The van der Waals surface area contributed by atoms with Gasteiger partial charge in [-0.3, -0.25) is 9.69 Å². The molecule has 0 atom stereocenters. The number of rotatable bonds is 3. The second kappa shape index (κ2) is 5.23. The Kier molecular flexibility index (Phi) is 3.54. The van der Waals surface area contributed by atoms with E-state index in [1.807, 2.05) is 5.38 Å². The third-order valence-corrected chi connectivity index (χ3v) is 4.16. The molecule has 1 aliphatic rings. The van der Waals surface area contributed by atoms with Crippen LogP contribution in [0.1, 0.15) is 21.3 Å². The summed E-state index contributed by atoms with van der Waals surface area (Å²) in [5.41, 5.74) is 0. The Balaban J connectivity index is 1.71. The van der Waals surface area contributed by atoms with Crippen molar-refractivity contribution in [1.82, 2.24) is 19.7 Å². The molecule has 2 aromatic rings. The Morgan fingerprint density at radius 2 is 2.14 bits per heavy atom. The van der Waals surface area contributed by atoms with Crippen LogP contribution >= 0.6 is 11.3 Å². The van der Waals surface area contributed by atoms with Crippen molar-refractivity contribution < 1.29 is 18.0 Å². The van der Waals surface area contributed by atoms with Gasteiger partial charge >= 0.3 is 6.18 Å². The van der Waals surface area contributed by atoms with Crippen molar-refractivity contribution in [2.45, 2.75) is 19.3 Å². The van der Waals surface area contributed by atoms with Crippen molar-refractivity contribution in [1.29, 1.82) is 0 Å². The van der Waals surface area contributed by atoms with E-state index in [1.54, 1.807) is 17.0 Å². The van der Waals surface area contributed by atoms with Crippen molar-refractivity contribution in [2.75, 3.05) is 13.1 Å². The highest BCUT2D eigenvalue weighted by molar-refractivity contribution is 7.12. The molecule has 0 radical (unpaired) electrons. The Morgan fingerprint density at radius 1 is 1.33 bits per heavy atom. The molecule has 112 valence electrons. The van der Waals surface area contributed by atoms with Crippen LogP contribution in [0.3, 0.4) is 0 Å². The number of alkyl halides is 3. The lowest BCUT2D eigenvalue weighted by Crippen LogP contribution is -2.38. The monoisotopic (exact) mass is 316 g/mol. The van der Waals surface area contributed by atoms with Crippen LogP contribution in [0, 0.1) is 0 Å². The van der Waals surface area contributed by atoms with Crippen LogP contribution in [0.2, 0.25) is 0 Å². The van der Waals surface area contributed by atoms with Gasteiger partial charge in [0.15, 0.2) is 5.78 Å². The summed E-state index contributed by atoms with van der Waals surface area (Å²) in [7, 11) is 0. The van der Waals surface area contributed by atoms with Crippen LogP contribution in [0.5, 0.6) is 0 Å². The summed E-state index contributed by atoms with van der Waals surface area (Å²) in [6.45, 7) is 0.870. The van der Waals surface area contributed by atoms with Gasteiger partial charge in [0.1, 0.15) is 5.82 Å². The van der Waals surface area contributed by atoms with E-state index in [0.29, 0.717) is 11.4 Å². The minimum atomic E-state index is -4.50. The quantitative estimate of drug-likeness (QED) is 0.813. The largest absolute Gasteiger partial charge is 0.451 e. The molecule has 3 rings (SSSR count). The number of thiophene rings is 1. The lowest BCUT2D eigenvalue weighted by Gasteiger charge is -2.27. The van der Waals surface area contributed by atoms with Crippen LogP contribution in [-0.2, 0) is 19.3 Å². The van der Waals surface area contributed by atoms with E-state index >= 15 is 0 Å². The smallest absolute Gasteiger partial charge is 0.305 e. The molecule has 0 unspecified atom stereocenters. The summed E-state index contributed by atoms with van der Waals surface area (Å²) in [6.07, 6.45) is -4.50. The number of carbonyl (C=O) groups is 1. The molecule has 9 heteroatoms. The van der Waals surface area contributed by atoms with Gasteiger partial charge in [-0.2, -0.15) is 13.2 Å². The van der Waals surface area contributed by atoms with Crippen LogP contribution < -0.4 is 0 Å². The average Bonchev–Trinajstić information content (AvgIpc) is 3.06. The summed E-state index contributed by atoms with van der Waals surface area (Å²) in [5, 5.41) is 8.61. The van der Waals surface area contributed by atoms with Gasteiger partial charge in [-0.05, 0) is 11.4 Å². The van der Waals surface area contributed by atoms with Crippen LogP contribution in [0.15, 0.2) is 17.5 Å². The number of hydrogen-bond acceptors (Lipinski definition) is 5. The number of Topliss-reactive ketones (excluding diaryl/α,β-unsaturated/α-hetero) is 1. The third kappa shape index (κ3) is 2.84. The molecule has 0 fully saturated rings. The maximum absolute atomic E-state index is 12.7. The van der Waals surface area contributed by atoms with E-state index in [9.17, 15) is 18.0 Å². The number of nitrogens with zero attached hydrogens (tertiary/aromatic N) is 4. The summed E-state index contributed by atoms with van der Waals surface area (Å²) < 4.78 is 39.2. The maximum atomic E-state index is 12.7. The molecule has 0 aliphatic carbocycles. The first-order valence-electron chi connectivity index (χ1n) is 6.23. The average molecular weight is 316 g/mol. The zero-order chi connectivity index (χ0) is 15.0. The van der Waals surface area contributed by atoms with Gasteiger partial charge in [-0.15, -0.1) is 21.5 Å². The van der Waals surface area contributed by atoms with E-state index < -0.39 is 12.0 Å². The summed E-state index contributed by atoms with van der Waals surface area (Å²) in [4.78, 5) is 14.4. The van der Waals surface area contributed by atoms with Crippen molar-refractivity contribution in [3.63, 3.8) is 0 Å². The summed E-state index contributed by atoms with van der Waals surface area (Å²) in [5.74, 6) is -0.761. The molecule has 1 aliphatic heterocycles. The fraction of sp³-hybridized carbons (Fsp3) is 0.417. The van der Waals surface area contributed by atoms with Gasteiger partial charge in [0, 0.05) is 13.1 Å². The number of fused-ring (bicyclic) bond motifs is 1. The van der Waals surface area contributed by atoms with E-state index in [0.717, 1.165) is 4.57 Å². The molecule has 21 heavy (non-hydrogen) atoms. The van der Waals surface area contributed by atoms with Gasteiger partial charge in [-0.1, -0.05) is 6.07 Å². The zero-order valence-corrected chi connectivity index (χ0v) is 11.6. The molecule has 0 N–H and O–H groups in total. The van der Waals surface area contributed by atoms with Gasteiger partial charge in [-0.25, -0.2) is 0 Å². The first kappa shape index (κ1) is 14.2. The fourth-order valence-electron chi connectivity index (χ4n) is 2.27. The van der Waals surface area contributed by atoms with E-state index in [2.05, 4.69) is 10.2 Å². The van der Waals surface area contributed by atoms with Crippen LogP contribution in [-0.4, -0.2) is 38.5 Å². The Labute approximate surface area is 122 Å². The van der Waals surface area contributed by atoms with Gasteiger partial charge < -0.3 is 4.57 Å². The minimum absolute atomic E-state index is 0.0333. The first-order valence-corrected chi connectivity index (χ1v) is 7.11. The molecule has 3 heterocycles. The molecule has 0 saturated carbocycles. The fourth-order valence-corrected chi connectivity index (χ4v) is 2.93. The summed E-state index contributed by atoms with van der Waals surface area (Å²) in [6, 6.07) is 3.53. The second-order valence-electron chi connectivity index (χ2n) is 4.70. The predicted molar refractivity (Wildman–Crippen MR) is 69.0 cm³/mol. The van der Waals surface area contributed by atoms with Crippen molar-refractivity contribution in [3.8, 4) is 0 Å². The number of halogens is 3. The third-order valence-electron chi connectivity index (χ3n) is 3.25. The summed E-state index contributed by atoms with van der Waals surface area (Å²) >= 11 is 1.35. The molecule has 0 amide bonds. The molecule has 0 spiro atoms. The van der Waals surface area contributed by atoms with Crippen LogP contribution in [0.25, 0.3) is 0 Å². The highest BCUT2D eigenvalue weighted by atomic mass is 32.1. The minimum Gasteiger partial charge on any atom is -0.305 e. The Bertz CT molecular complexity index is 650. The van der Waals surface area contributed by atoms with E-state index in [1.165, 1.54) is 11.3 Å². The Morgan fingerprint density at radius 3 is 2.81 bits per heavy atom. The molecule has 0 bridgehead atoms. The first-order chi connectivity index (χ1) is 9.95. The SMILES string of the molecule is O=C(CN1CCn2c(nnc2C(F)(F)F)C1)c1cccs1. The highest BCUT2D eigenvalue weighted by Gasteiger charge is 2.39. The van der Waals surface area contributed by atoms with E-state index in [4.69, 9.17) is 0 Å². The Hall–Kier alpha value is -1.74. The van der Waals surface area contributed by atoms with Gasteiger partial charge in [0.05, 0.1) is 18.0 Å². The highest BCUT2D eigenvalue weighted by Crippen LogP contribution is 2.29. The number of aromatic nitrogens is 3. The molecule has 5 nitrogen and oxygen atoms in total. The molecule has 0 aromatic carbocycles. The van der Waals surface area contributed by atoms with Crippen molar-refractivity contribution in [3.05, 3.63) is 34.0 Å². The maximum Gasteiger partial charge on any atom is 0.451 e. The topological polar surface area (TPSA) is 51.0 Å². The van der Waals surface area contributed by atoms with Crippen molar-refractivity contribution in [2.24, 2.45) is 0 Å².